The van der Waals surface area contributed by atoms with Gasteiger partial charge in [-0.1, -0.05) is 5.21 Å². The van der Waals surface area contributed by atoms with E-state index in [0.717, 1.165) is 50.4 Å². The van der Waals surface area contributed by atoms with Crippen molar-refractivity contribution in [1.29, 1.82) is 0 Å². The summed E-state index contributed by atoms with van der Waals surface area (Å²) >= 11 is 0. The van der Waals surface area contributed by atoms with E-state index in [1.54, 1.807) is 0 Å². The number of aromatic nitrogens is 5. The molecule has 2 aliphatic rings. The van der Waals surface area contributed by atoms with Gasteiger partial charge in [-0.05, 0) is 12.8 Å². The minimum absolute atomic E-state index is 0.210. The molecule has 0 radical (unpaired) electrons. The summed E-state index contributed by atoms with van der Waals surface area (Å²) in [6, 6.07) is 0.364. The molecule has 4 rings (SSSR count). The number of anilines is 1. The van der Waals surface area contributed by atoms with Crippen molar-refractivity contribution in [3.63, 3.8) is 0 Å². The first-order valence-electron chi connectivity index (χ1n) is 8.11. The molecular formula is C15H21N7O. The van der Waals surface area contributed by atoms with Crippen molar-refractivity contribution in [2.45, 2.75) is 31.8 Å². The molecular weight excluding hydrogens is 294 g/mol. The van der Waals surface area contributed by atoms with Gasteiger partial charge in [0, 0.05) is 45.8 Å². The molecule has 4 heterocycles. The van der Waals surface area contributed by atoms with E-state index in [0.29, 0.717) is 12.5 Å². The van der Waals surface area contributed by atoms with Crippen molar-refractivity contribution >= 4 is 11.6 Å². The number of hydrogen-bond donors (Lipinski definition) is 0. The van der Waals surface area contributed by atoms with E-state index in [-0.39, 0.29) is 5.91 Å². The van der Waals surface area contributed by atoms with E-state index in [9.17, 15) is 4.79 Å². The average molecular weight is 315 g/mol. The highest BCUT2D eigenvalue weighted by Crippen LogP contribution is 2.26. The monoisotopic (exact) mass is 315 g/mol. The lowest BCUT2D eigenvalue weighted by Crippen LogP contribution is -2.23. The van der Waals surface area contributed by atoms with Crippen LogP contribution in [-0.4, -0.2) is 55.2 Å². The summed E-state index contributed by atoms with van der Waals surface area (Å²) in [7, 11) is 1.92. The summed E-state index contributed by atoms with van der Waals surface area (Å²) in [6.45, 7) is 3.67. The molecule has 122 valence electrons. The normalized spacial score (nSPS) is 22.4. The highest BCUT2D eigenvalue weighted by molar-refractivity contribution is 5.95. The van der Waals surface area contributed by atoms with Gasteiger partial charge in [0.05, 0.1) is 29.8 Å². The number of nitrogens with zero attached hydrogens (tertiary/aromatic N) is 7. The van der Waals surface area contributed by atoms with Gasteiger partial charge in [0.15, 0.2) is 0 Å². The smallest absolute Gasteiger partial charge is 0.227 e. The third-order valence-corrected chi connectivity index (χ3v) is 4.79. The maximum Gasteiger partial charge on any atom is 0.227 e. The van der Waals surface area contributed by atoms with Crippen molar-refractivity contribution in [2.75, 3.05) is 24.5 Å². The predicted molar refractivity (Wildman–Crippen MR) is 83.7 cm³/mol. The number of aryl methyl sites for hydroxylation is 1. The molecule has 0 N–H and O–H groups in total. The van der Waals surface area contributed by atoms with Crippen molar-refractivity contribution in [3.8, 4) is 0 Å². The molecule has 2 aliphatic heterocycles. The Morgan fingerprint density at radius 3 is 2.96 bits per heavy atom. The van der Waals surface area contributed by atoms with Crippen LogP contribution < -0.4 is 4.90 Å². The van der Waals surface area contributed by atoms with Crippen LogP contribution in [0.3, 0.4) is 0 Å². The van der Waals surface area contributed by atoms with Crippen LogP contribution in [0, 0.1) is 0 Å². The minimum Gasteiger partial charge on any atom is -0.309 e. The SMILES string of the molecule is Cn1nncc1CN1CCC(n2cc(N3CCCC3=O)cn2)C1. The van der Waals surface area contributed by atoms with Gasteiger partial charge in [-0.25, -0.2) is 0 Å². The summed E-state index contributed by atoms with van der Waals surface area (Å²) in [5, 5.41) is 12.4. The summed E-state index contributed by atoms with van der Waals surface area (Å²) in [4.78, 5) is 16.1. The summed E-state index contributed by atoms with van der Waals surface area (Å²) in [5.41, 5.74) is 2.05. The zero-order valence-corrected chi connectivity index (χ0v) is 13.3. The van der Waals surface area contributed by atoms with Crippen LogP contribution in [0.25, 0.3) is 0 Å². The maximum atomic E-state index is 11.8. The molecule has 0 saturated carbocycles. The van der Waals surface area contributed by atoms with Gasteiger partial charge in [-0.15, -0.1) is 5.10 Å². The van der Waals surface area contributed by atoms with Crippen molar-refractivity contribution < 1.29 is 4.79 Å². The van der Waals surface area contributed by atoms with E-state index in [1.165, 1.54) is 0 Å². The molecule has 2 saturated heterocycles. The number of carbonyl (C=O) groups excluding carboxylic acids is 1. The molecule has 2 aromatic rings. The van der Waals surface area contributed by atoms with Gasteiger partial charge < -0.3 is 4.90 Å². The first kappa shape index (κ1) is 14.4. The van der Waals surface area contributed by atoms with E-state index >= 15 is 0 Å². The van der Waals surface area contributed by atoms with E-state index in [4.69, 9.17) is 0 Å². The zero-order valence-electron chi connectivity index (χ0n) is 13.3. The fourth-order valence-electron chi connectivity index (χ4n) is 3.44. The highest BCUT2D eigenvalue weighted by atomic mass is 16.2. The molecule has 1 unspecified atom stereocenters. The number of rotatable bonds is 4. The van der Waals surface area contributed by atoms with Crippen LogP contribution in [0.2, 0.25) is 0 Å². The van der Waals surface area contributed by atoms with Crippen LogP contribution in [0.1, 0.15) is 31.0 Å². The zero-order chi connectivity index (χ0) is 15.8. The van der Waals surface area contributed by atoms with E-state index < -0.39 is 0 Å². The van der Waals surface area contributed by atoms with Gasteiger partial charge in [0.1, 0.15) is 0 Å². The van der Waals surface area contributed by atoms with Gasteiger partial charge in [-0.2, -0.15) is 5.10 Å². The molecule has 8 nitrogen and oxygen atoms in total. The topological polar surface area (TPSA) is 72.1 Å². The second kappa shape index (κ2) is 5.77. The Labute approximate surface area is 134 Å². The quantitative estimate of drug-likeness (QED) is 0.825. The molecule has 0 spiro atoms. The van der Waals surface area contributed by atoms with Gasteiger partial charge >= 0.3 is 0 Å². The van der Waals surface area contributed by atoms with E-state index in [2.05, 4.69) is 20.3 Å². The van der Waals surface area contributed by atoms with Crippen molar-refractivity contribution in [1.82, 2.24) is 29.7 Å². The fraction of sp³-hybridized carbons (Fsp3) is 0.600. The first-order chi connectivity index (χ1) is 11.2. The maximum absolute atomic E-state index is 11.8. The standard InChI is InChI=1S/C15H21N7O/c1-19-13(7-16-18-19)10-20-6-4-12(9-20)22-11-14(8-17-22)21-5-2-3-15(21)23/h7-8,11-12H,2-6,9-10H2,1H3. The Hall–Kier alpha value is -2.22. The largest absolute Gasteiger partial charge is 0.309 e. The molecule has 2 aromatic heterocycles. The molecule has 0 bridgehead atoms. The van der Waals surface area contributed by atoms with Gasteiger partial charge in [0.2, 0.25) is 5.91 Å². The van der Waals surface area contributed by atoms with E-state index in [1.807, 2.05) is 39.9 Å². The number of amides is 1. The molecule has 0 aromatic carbocycles. The van der Waals surface area contributed by atoms with Crippen molar-refractivity contribution in [3.05, 3.63) is 24.3 Å². The Morgan fingerprint density at radius 1 is 1.30 bits per heavy atom. The fourth-order valence-corrected chi connectivity index (χ4v) is 3.44. The van der Waals surface area contributed by atoms with Crippen LogP contribution in [-0.2, 0) is 18.4 Å². The molecule has 1 amide bonds. The lowest BCUT2D eigenvalue weighted by molar-refractivity contribution is -0.117. The lowest BCUT2D eigenvalue weighted by atomic mass is 10.3. The minimum atomic E-state index is 0.210. The third-order valence-electron chi connectivity index (χ3n) is 4.79. The van der Waals surface area contributed by atoms with Crippen molar-refractivity contribution in [2.24, 2.45) is 7.05 Å². The van der Waals surface area contributed by atoms with Crippen LogP contribution in [0.15, 0.2) is 18.6 Å². The number of likely N-dealkylation sites (tertiary alicyclic amines) is 1. The summed E-state index contributed by atoms with van der Waals surface area (Å²) in [6.07, 6.45) is 8.32. The number of hydrogen-bond acceptors (Lipinski definition) is 5. The van der Waals surface area contributed by atoms with Gasteiger partial charge in [-0.3, -0.25) is 19.1 Å². The number of carbonyl (C=O) groups is 1. The predicted octanol–water partition coefficient (Wildman–Crippen LogP) is 0.585. The Morgan fingerprint density at radius 2 is 2.22 bits per heavy atom. The summed E-state index contributed by atoms with van der Waals surface area (Å²) in [5.74, 6) is 0.210. The first-order valence-corrected chi connectivity index (χ1v) is 8.11. The second-order valence-corrected chi connectivity index (χ2v) is 6.35. The molecule has 0 aliphatic carbocycles. The Kier molecular flexibility index (Phi) is 3.60. The second-order valence-electron chi connectivity index (χ2n) is 6.35. The summed E-state index contributed by atoms with van der Waals surface area (Å²) < 4.78 is 3.83. The van der Waals surface area contributed by atoms with Crippen LogP contribution in [0.5, 0.6) is 0 Å². The molecule has 8 heteroatoms. The molecule has 2 fully saturated rings. The molecule has 1 atom stereocenters. The Bertz CT molecular complexity index is 706. The van der Waals surface area contributed by atoms with Gasteiger partial charge in [0.25, 0.3) is 0 Å². The lowest BCUT2D eigenvalue weighted by Gasteiger charge is -2.16. The van der Waals surface area contributed by atoms with Crippen LogP contribution in [0.4, 0.5) is 5.69 Å². The Balaban J connectivity index is 1.41. The molecule has 23 heavy (non-hydrogen) atoms. The highest BCUT2D eigenvalue weighted by Gasteiger charge is 2.27. The third kappa shape index (κ3) is 2.74. The average Bonchev–Trinajstić information content (AvgIpc) is 3.28. The van der Waals surface area contributed by atoms with Crippen LogP contribution >= 0.6 is 0 Å².